The Morgan fingerprint density at radius 1 is 1.00 bits per heavy atom. The van der Waals surface area contributed by atoms with E-state index in [4.69, 9.17) is 0 Å². The molecule has 2 saturated carbocycles. The van der Waals surface area contributed by atoms with Crippen molar-refractivity contribution in [2.24, 2.45) is 34.5 Å². The quantitative estimate of drug-likeness (QED) is 0.493. The Labute approximate surface area is 244 Å². The summed E-state index contributed by atoms with van der Waals surface area (Å²) in [6.45, 7) is 10.8. The number of phenolic OH excluding ortho intramolecular Hbond substituents is 1. The fourth-order valence-corrected chi connectivity index (χ4v) is 8.45. The van der Waals surface area contributed by atoms with E-state index in [0.717, 1.165) is 6.92 Å². The van der Waals surface area contributed by atoms with Crippen LogP contribution in [0.3, 0.4) is 0 Å². The van der Waals surface area contributed by atoms with Crippen molar-refractivity contribution >= 4 is 28.9 Å². The summed E-state index contributed by atoms with van der Waals surface area (Å²) in [5.74, 6) is -9.27. The number of ketones is 5. The van der Waals surface area contributed by atoms with Crippen molar-refractivity contribution in [2.45, 2.75) is 72.6 Å². The van der Waals surface area contributed by atoms with E-state index in [9.17, 15) is 38.6 Å². The first-order valence-corrected chi connectivity index (χ1v) is 14.4. The van der Waals surface area contributed by atoms with Crippen LogP contribution in [0.25, 0.3) is 11.1 Å². The average Bonchev–Trinajstić information content (AvgIpc) is 2.85. The number of carbonyl (C=O) groups is 5. The number of Topliss-reactive ketones (excluding diaryl/α,β-unsaturated/α-hetero) is 5. The van der Waals surface area contributed by atoms with Gasteiger partial charge in [-0.05, 0) is 73.3 Å². The lowest BCUT2D eigenvalue weighted by Gasteiger charge is -2.61. The van der Waals surface area contributed by atoms with Gasteiger partial charge in [0.1, 0.15) is 23.1 Å². The van der Waals surface area contributed by atoms with Gasteiger partial charge >= 0.3 is 0 Å². The summed E-state index contributed by atoms with van der Waals surface area (Å²) in [4.78, 5) is 68.5. The van der Waals surface area contributed by atoms with E-state index >= 15 is 0 Å². The molecule has 0 amide bonds. The van der Waals surface area contributed by atoms with Crippen molar-refractivity contribution in [1.29, 1.82) is 0 Å². The third kappa shape index (κ3) is 3.83. The van der Waals surface area contributed by atoms with Gasteiger partial charge in [0.25, 0.3) is 0 Å². The van der Waals surface area contributed by atoms with Gasteiger partial charge in [-0.25, -0.2) is 4.39 Å². The van der Waals surface area contributed by atoms with Gasteiger partial charge in [-0.15, -0.1) is 0 Å². The number of hydrogen-bond acceptors (Lipinski definition) is 7. The lowest BCUT2D eigenvalue weighted by molar-refractivity contribution is -0.205. The molecule has 2 N–H and O–H groups in total. The van der Waals surface area contributed by atoms with Crippen molar-refractivity contribution in [3.63, 3.8) is 0 Å². The zero-order valence-corrected chi connectivity index (χ0v) is 25.0. The average molecular weight is 577 g/mol. The summed E-state index contributed by atoms with van der Waals surface area (Å²) in [6.07, 6.45) is 0.118. The van der Waals surface area contributed by atoms with Crippen molar-refractivity contribution in [3.05, 3.63) is 53.1 Å². The molecule has 0 saturated heterocycles. The molecular formula is C34H37FO7. The van der Waals surface area contributed by atoms with Gasteiger partial charge in [0, 0.05) is 11.3 Å². The minimum atomic E-state index is -2.73. The SMILES string of the molecule is CC(=O)C1C(=O)C(C(C)C)[C@@]2(C)C[C@@]3(C)Cc4c(-c5ccc(C(C)(C)F)cc5)ccc(O)c4C(=O)C3C(=O)[C@@]2(O)C1=O. The first-order chi connectivity index (χ1) is 19.3. The highest BCUT2D eigenvalue weighted by atomic mass is 19.1. The monoisotopic (exact) mass is 576 g/mol. The molecule has 2 fully saturated rings. The van der Waals surface area contributed by atoms with Crippen LogP contribution in [0.5, 0.6) is 5.75 Å². The molecule has 2 aromatic carbocycles. The standard InChI is InChI=1S/C34H37FO7/c1-16(2)25-27(38)23(17(3)36)29(40)34(42)30(41)26-28(39)24-21(14-32(26,6)15-33(25,34)7)20(12-13-22(24)37)18-8-10-19(11-9-18)31(4,5)35/h8-13,16,23,25-26,37,42H,14-15H2,1-7H3/t23?,25?,26?,32-,33-,34+/m1/s1. The molecular weight excluding hydrogens is 539 g/mol. The fourth-order valence-electron chi connectivity index (χ4n) is 8.45. The normalized spacial score (nSPS) is 32.9. The summed E-state index contributed by atoms with van der Waals surface area (Å²) in [5.41, 5.74) is -4.75. The highest BCUT2D eigenvalue weighted by Crippen LogP contribution is 2.64. The summed E-state index contributed by atoms with van der Waals surface area (Å²) in [7, 11) is 0. The van der Waals surface area contributed by atoms with Crippen LogP contribution in [-0.4, -0.2) is 44.7 Å². The molecule has 3 aliphatic rings. The third-order valence-electron chi connectivity index (χ3n) is 10.1. The van der Waals surface area contributed by atoms with Gasteiger partial charge in [-0.1, -0.05) is 58.0 Å². The zero-order valence-electron chi connectivity index (χ0n) is 25.0. The van der Waals surface area contributed by atoms with Gasteiger partial charge in [-0.3, -0.25) is 24.0 Å². The number of alkyl halides is 1. The van der Waals surface area contributed by atoms with Crippen LogP contribution in [0.1, 0.15) is 76.4 Å². The topological polar surface area (TPSA) is 126 Å². The lowest BCUT2D eigenvalue weighted by atomic mass is 9.40. The first kappa shape index (κ1) is 30.0. The predicted octanol–water partition coefficient (Wildman–Crippen LogP) is 4.96. The maximum absolute atomic E-state index is 14.5. The van der Waals surface area contributed by atoms with Crippen LogP contribution >= 0.6 is 0 Å². The number of rotatable bonds is 4. The largest absolute Gasteiger partial charge is 0.507 e. The number of hydrogen-bond donors (Lipinski definition) is 2. The Balaban J connectivity index is 1.71. The van der Waals surface area contributed by atoms with Crippen LogP contribution in [-0.2, 0) is 31.3 Å². The smallest absolute Gasteiger partial charge is 0.190 e. The van der Waals surface area contributed by atoms with E-state index in [1.165, 1.54) is 19.9 Å². The Morgan fingerprint density at radius 3 is 2.12 bits per heavy atom. The summed E-state index contributed by atoms with van der Waals surface area (Å²) in [5, 5.41) is 23.0. The lowest BCUT2D eigenvalue weighted by Crippen LogP contribution is -2.76. The molecule has 6 atom stereocenters. The molecule has 2 aromatic rings. The van der Waals surface area contributed by atoms with Gasteiger partial charge in [-0.2, -0.15) is 0 Å². The van der Waals surface area contributed by atoms with Gasteiger partial charge in [0.05, 0.1) is 11.5 Å². The van der Waals surface area contributed by atoms with E-state index in [0.29, 0.717) is 22.3 Å². The highest BCUT2D eigenvalue weighted by Gasteiger charge is 2.76. The molecule has 0 heterocycles. The van der Waals surface area contributed by atoms with Crippen LogP contribution in [0, 0.1) is 34.5 Å². The summed E-state index contributed by atoms with van der Waals surface area (Å²) < 4.78 is 14.5. The zero-order chi connectivity index (χ0) is 31.3. The molecule has 3 unspecified atom stereocenters. The van der Waals surface area contributed by atoms with Gasteiger partial charge < -0.3 is 10.2 Å². The number of benzene rings is 2. The fraction of sp³-hybridized carbons (Fsp3) is 0.500. The maximum atomic E-state index is 14.5. The third-order valence-corrected chi connectivity index (χ3v) is 10.1. The van der Waals surface area contributed by atoms with Crippen molar-refractivity contribution < 1.29 is 38.6 Å². The molecule has 42 heavy (non-hydrogen) atoms. The number of phenols is 1. The van der Waals surface area contributed by atoms with E-state index in [1.54, 1.807) is 58.0 Å². The van der Waals surface area contributed by atoms with Crippen LogP contribution < -0.4 is 0 Å². The summed E-state index contributed by atoms with van der Waals surface area (Å²) in [6, 6.07) is 9.83. The molecule has 8 heteroatoms. The summed E-state index contributed by atoms with van der Waals surface area (Å²) >= 11 is 0. The minimum Gasteiger partial charge on any atom is -0.507 e. The Hall–Kier alpha value is -3.52. The van der Waals surface area contributed by atoms with E-state index in [1.807, 2.05) is 0 Å². The van der Waals surface area contributed by atoms with Crippen LogP contribution in [0.15, 0.2) is 36.4 Å². The minimum absolute atomic E-state index is 0.0207. The van der Waals surface area contributed by atoms with Crippen LogP contribution in [0.4, 0.5) is 4.39 Å². The van der Waals surface area contributed by atoms with E-state index in [2.05, 4.69) is 0 Å². The second kappa shape index (κ2) is 9.24. The molecule has 3 aliphatic carbocycles. The number of halogens is 1. The number of aromatic hydroxyl groups is 1. The number of aliphatic hydroxyl groups is 1. The van der Waals surface area contributed by atoms with Gasteiger partial charge in [0.15, 0.2) is 28.7 Å². The highest BCUT2D eigenvalue weighted by molar-refractivity contribution is 6.32. The molecule has 7 nitrogen and oxygen atoms in total. The van der Waals surface area contributed by atoms with E-state index in [-0.39, 0.29) is 24.2 Å². The number of fused-ring (bicyclic) bond motifs is 3. The second-order valence-corrected chi connectivity index (χ2v) is 13.9. The number of carbonyl (C=O) groups excluding carboxylic acids is 5. The molecule has 5 rings (SSSR count). The second-order valence-electron chi connectivity index (χ2n) is 13.9. The molecule has 0 aliphatic heterocycles. The van der Waals surface area contributed by atoms with Crippen molar-refractivity contribution in [2.75, 3.05) is 0 Å². The van der Waals surface area contributed by atoms with Crippen LogP contribution in [0.2, 0.25) is 0 Å². The Morgan fingerprint density at radius 2 is 1.60 bits per heavy atom. The van der Waals surface area contributed by atoms with Crippen molar-refractivity contribution in [3.8, 4) is 16.9 Å². The Kier molecular flexibility index (Phi) is 6.59. The molecule has 222 valence electrons. The Bertz CT molecular complexity index is 1570. The predicted molar refractivity (Wildman–Crippen MR) is 153 cm³/mol. The van der Waals surface area contributed by atoms with Crippen molar-refractivity contribution in [1.82, 2.24) is 0 Å². The molecule has 0 spiro atoms. The molecule has 0 aromatic heterocycles. The van der Waals surface area contributed by atoms with Gasteiger partial charge in [0.2, 0.25) is 0 Å². The molecule has 0 bridgehead atoms. The molecule has 0 radical (unpaired) electrons. The first-order valence-electron chi connectivity index (χ1n) is 14.4. The van der Waals surface area contributed by atoms with E-state index < -0.39 is 74.7 Å². The maximum Gasteiger partial charge on any atom is 0.190 e.